The molecule has 0 bridgehead atoms. The van der Waals surface area contributed by atoms with Crippen molar-refractivity contribution in [2.75, 3.05) is 25.0 Å². The summed E-state index contributed by atoms with van der Waals surface area (Å²) in [5.74, 6) is -0.0462. The van der Waals surface area contributed by atoms with Gasteiger partial charge in [-0.1, -0.05) is 68.3 Å². The molecule has 0 unspecified atom stereocenters. The van der Waals surface area contributed by atoms with E-state index in [4.69, 9.17) is 17.0 Å². The summed E-state index contributed by atoms with van der Waals surface area (Å²) in [5.41, 5.74) is 5.19. The van der Waals surface area contributed by atoms with Gasteiger partial charge in [-0.25, -0.2) is 4.98 Å². The maximum Gasteiger partial charge on any atom is 0.243 e. The lowest BCUT2D eigenvalue weighted by molar-refractivity contribution is -0.122. The number of hydrogen-bond donors (Lipinski definition) is 3. The minimum absolute atomic E-state index is 0.0462. The minimum Gasteiger partial charge on any atom is -0.333 e. The molecule has 0 spiro atoms. The average Bonchev–Trinajstić information content (AvgIpc) is 3.49. The molecule has 1 saturated heterocycles. The van der Waals surface area contributed by atoms with Crippen molar-refractivity contribution in [2.24, 2.45) is 0 Å². The highest BCUT2D eigenvalue weighted by atomic mass is 35.5. The number of anilines is 1. The second kappa shape index (κ2) is 15.9. The molecule has 3 N–H and O–H groups in total. The van der Waals surface area contributed by atoms with Crippen LogP contribution in [0.15, 0.2) is 85.0 Å². The van der Waals surface area contributed by atoms with Crippen molar-refractivity contribution in [3.8, 4) is 0 Å². The Morgan fingerprint density at radius 3 is 2.83 bits per heavy atom. The lowest BCUT2D eigenvalue weighted by Gasteiger charge is -2.40. The quantitative estimate of drug-likeness (QED) is 0.201. The Hall–Kier alpha value is -3.52. The average molecular weight is 561 g/mol. The van der Waals surface area contributed by atoms with Gasteiger partial charge in [0.15, 0.2) is 0 Å². The zero-order chi connectivity index (χ0) is 28.9. The van der Waals surface area contributed by atoms with Crippen LogP contribution in [-0.2, 0) is 17.8 Å². The number of allylic oxidation sites excluding steroid dienone is 3. The van der Waals surface area contributed by atoms with Crippen LogP contribution in [0.25, 0.3) is 0 Å². The van der Waals surface area contributed by atoms with Gasteiger partial charge in [0, 0.05) is 55.5 Å². The van der Waals surface area contributed by atoms with E-state index in [0.29, 0.717) is 24.7 Å². The van der Waals surface area contributed by atoms with Crippen LogP contribution in [0.5, 0.6) is 0 Å². The van der Waals surface area contributed by atoms with Crippen LogP contribution in [0.2, 0.25) is 5.02 Å². The van der Waals surface area contributed by atoms with E-state index in [1.165, 1.54) is 6.21 Å². The number of nitrogens with zero attached hydrogens (tertiary/aromatic N) is 3. The van der Waals surface area contributed by atoms with E-state index < -0.39 is 0 Å². The lowest BCUT2D eigenvalue weighted by atomic mass is 9.93. The van der Waals surface area contributed by atoms with Gasteiger partial charge in [-0.15, -0.1) is 0 Å². The number of carbonyl (C=O) groups is 1. The van der Waals surface area contributed by atoms with E-state index >= 15 is 0 Å². The maximum atomic E-state index is 13.7. The van der Waals surface area contributed by atoms with Gasteiger partial charge in [0.2, 0.25) is 5.91 Å². The number of imidazole rings is 1. The van der Waals surface area contributed by atoms with Gasteiger partial charge in [-0.05, 0) is 60.4 Å². The van der Waals surface area contributed by atoms with Crippen LogP contribution in [0.4, 0.5) is 5.69 Å². The van der Waals surface area contributed by atoms with E-state index in [0.717, 1.165) is 40.9 Å². The van der Waals surface area contributed by atoms with Crippen molar-refractivity contribution in [2.45, 2.75) is 52.7 Å². The first kappa shape index (κ1) is 31.0. The number of amides is 1. The first-order valence-corrected chi connectivity index (χ1v) is 14.3. The van der Waals surface area contributed by atoms with Gasteiger partial charge in [0.25, 0.3) is 0 Å². The molecule has 0 radical (unpaired) electrons. The van der Waals surface area contributed by atoms with Crippen molar-refractivity contribution in [3.63, 3.8) is 0 Å². The van der Waals surface area contributed by atoms with Crippen LogP contribution < -0.4 is 10.6 Å². The predicted molar refractivity (Wildman–Crippen MR) is 166 cm³/mol. The lowest BCUT2D eigenvalue weighted by Crippen LogP contribution is -2.57. The number of nitrogens with one attached hydrogen (secondary N) is 3. The molecule has 7 nitrogen and oxygen atoms in total. The number of hydrogen-bond acceptors (Lipinski definition) is 5. The van der Waals surface area contributed by atoms with Gasteiger partial charge in [-0.3, -0.25) is 9.69 Å². The Balaban J connectivity index is 0.00000216. The van der Waals surface area contributed by atoms with Crippen LogP contribution in [-0.4, -0.2) is 52.2 Å². The molecule has 2 aromatic carbocycles. The molecule has 1 aromatic heterocycles. The van der Waals surface area contributed by atoms with Crippen molar-refractivity contribution in [3.05, 3.63) is 107 Å². The zero-order valence-electron chi connectivity index (χ0n) is 23.9. The second-order valence-corrected chi connectivity index (χ2v) is 9.90. The van der Waals surface area contributed by atoms with Crippen LogP contribution in [0.1, 0.15) is 50.4 Å². The summed E-state index contributed by atoms with van der Waals surface area (Å²) in [6.07, 6.45) is 13.4. The molecule has 3 aromatic rings. The van der Waals surface area contributed by atoms with Crippen molar-refractivity contribution >= 4 is 29.4 Å². The fourth-order valence-electron chi connectivity index (χ4n) is 4.90. The molecule has 4 rings (SSSR count). The Morgan fingerprint density at radius 1 is 1.27 bits per heavy atom. The number of rotatable bonds is 10. The Kier molecular flexibility index (Phi) is 12.3. The maximum absolute atomic E-state index is 13.7. The largest absolute Gasteiger partial charge is 0.333 e. The molecule has 1 aliphatic heterocycles. The number of benzene rings is 2. The molecule has 0 aliphatic carbocycles. The minimum atomic E-state index is -0.373. The summed E-state index contributed by atoms with van der Waals surface area (Å²) in [6.45, 7) is 10.9. The summed E-state index contributed by atoms with van der Waals surface area (Å²) in [6, 6.07) is 13.5. The van der Waals surface area contributed by atoms with E-state index in [1.807, 2.05) is 74.0 Å². The molecule has 2 heterocycles. The highest BCUT2D eigenvalue weighted by molar-refractivity contribution is 6.30. The fraction of sp³-hybridized carbons (Fsp3) is 0.344. The summed E-state index contributed by atoms with van der Waals surface area (Å²) < 4.78 is 2.00. The van der Waals surface area contributed by atoms with E-state index in [2.05, 4.69) is 39.6 Å². The van der Waals surface area contributed by atoms with E-state index in [1.54, 1.807) is 18.6 Å². The third-order valence-corrected chi connectivity index (χ3v) is 6.98. The SMILES string of the molecule is CC.CCc1cc(Cl)ccc1[C@H](/C=C(C)/C=C\C=N)N1CCNC[C@@H]1C(=O)Nc1cccc(Cn2ccnc2)c1. The Labute approximate surface area is 243 Å². The number of aryl methyl sites for hydroxylation is 1. The van der Waals surface area contributed by atoms with Crippen molar-refractivity contribution in [1.29, 1.82) is 5.41 Å². The highest BCUT2D eigenvalue weighted by Gasteiger charge is 2.34. The monoisotopic (exact) mass is 560 g/mol. The van der Waals surface area contributed by atoms with Crippen LogP contribution in [0.3, 0.4) is 0 Å². The van der Waals surface area contributed by atoms with Gasteiger partial charge >= 0.3 is 0 Å². The van der Waals surface area contributed by atoms with Crippen molar-refractivity contribution < 1.29 is 4.79 Å². The third kappa shape index (κ3) is 8.49. The zero-order valence-corrected chi connectivity index (χ0v) is 24.7. The highest BCUT2D eigenvalue weighted by Crippen LogP contribution is 2.32. The molecule has 1 amide bonds. The normalized spacial score (nSPS) is 16.7. The predicted octanol–water partition coefficient (Wildman–Crippen LogP) is 6.28. The molecule has 1 aliphatic rings. The summed E-state index contributed by atoms with van der Waals surface area (Å²) in [7, 11) is 0. The topological polar surface area (TPSA) is 86.0 Å². The van der Waals surface area contributed by atoms with Crippen molar-refractivity contribution in [1.82, 2.24) is 19.8 Å². The molecular formula is C32H41ClN6O. The Bertz CT molecular complexity index is 1300. The number of carbonyl (C=O) groups excluding carboxylic acids is 1. The van der Waals surface area contributed by atoms with Gasteiger partial charge < -0.3 is 20.6 Å². The first-order chi connectivity index (χ1) is 19.5. The van der Waals surface area contributed by atoms with Gasteiger partial charge in [-0.2, -0.15) is 0 Å². The summed E-state index contributed by atoms with van der Waals surface area (Å²) in [5, 5.41) is 14.6. The summed E-state index contributed by atoms with van der Waals surface area (Å²) >= 11 is 6.34. The second-order valence-electron chi connectivity index (χ2n) is 9.46. The van der Waals surface area contributed by atoms with Crippen LogP contribution in [0, 0.1) is 5.41 Å². The standard InChI is InChI=1S/C30H35ClN6O.C2H6/c1-3-24-18-25(31)9-10-27(24)28(16-22(2)6-5-11-32)37-15-13-33-19-29(37)30(38)35-26-8-4-7-23(17-26)20-36-14-12-34-21-36;1-2/h4-12,14,16-18,21,28-29,32-33H,3,13,15,19-20H2,1-2H3,(H,35,38);1-2H3/b6-5-,22-16+,32-11?;/t28-,29+;/m0./s1. The number of piperazine rings is 1. The molecular weight excluding hydrogens is 520 g/mol. The molecule has 1 fully saturated rings. The molecule has 40 heavy (non-hydrogen) atoms. The molecule has 0 saturated carbocycles. The summed E-state index contributed by atoms with van der Waals surface area (Å²) in [4.78, 5) is 20.1. The third-order valence-electron chi connectivity index (χ3n) is 6.74. The molecule has 2 atom stereocenters. The molecule has 8 heteroatoms. The van der Waals surface area contributed by atoms with Crippen LogP contribution >= 0.6 is 11.6 Å². The Morgan fingerprint density at radius 2 is 2.10 bits per heavy atom. The smallest absolute Gasteiger partial charge is 0.243 e. The van der Waals surface area contributed by atoms with E-state index in [9.17, 15) is 4.79 Å². The molecule has 212 valence electrons. The van der Waals surface area contributed by atoms with Gasteiger partial charge in [0.05, 0.1) is 12.4 Å². The van der Waals surface area contributed by atoms with Gasteiger partial charge in [0.1, 0.15) is 6.04 Å². The van der Waals surface area contributed by atoms with E-state index in [-0.39, 0.29) is 18.0 Å². The fourth-order valence-corrected chi connectivity index (χ4v) is 5.09. The number of halogens is 1. The number of aromatic nitrogens is 2. The first-order valence-electron chi connectivity index (χ1n) is 13.9.